The third-order valence-corrected chi connectivity index (χ3v) is 4.00. The molecule has 0 radical (unpaired) electrons. The van der Waals surface area contributed by atoms with Gasteiger partial charge in [-0.15, -0.1) is 0 Å². The van der Waals surface area contributed by atoms with Crippen LogP contribution in [0.15, 0.2) is 18.2 Å². The lowest BCUT2D eigenvalue weighted by molar-refractivity contribution is -0.129. The molecule has 0 aliphatic carbocycles. The van der Waals surface area contributed by atoms with Crippen LogP contribution in [0.5, 0.6) is 0 Å². The van der Waals surface area contributed by atoms with Crippen molar-refractivity contribution >= 4 is 11.8 Å². The SMILES string of the molecule is O=C1CCC(C(=O)NCc2ccc3c(c2)CNC3)CN1. The van der Waals surface area contributed by atoms with Gasteiger partial charge >= 0.3 is 0 Å². The van der Waals surface area contributed by atoms with E-state index in [1.165, 1.54) is 11.1 Å². The zero-order chi connectivity index (χ0) is 13.9. The van der Waals surface area contributed by atoms with Crippen LogP contribution in [0, 0.1) is 5.92 Å². The summed E-state index contributed by atoms with van der Waals surface area (Å²) in [6.07, 6.45) is 1.09. The summed E-state index contributed by atoms with van der Waals surface area (Å²) in [5.74, 6) is -0.0208. The molecule has 1 saturated heterocycles. The summed E-state index contributed by atoms with van der Waals surface area (Å²) in [5, 5.41) is 9.01. The lowest BCUT2D eigenvalue weighted by Crippen LogP contribution is -2.42. The Hall–Kier alpha value is -1.88. The molecule has 2 amide bonds. The number of carbonyl (C=O) groups excluding carboxylic acids is 2. The molecule has 1 aromatic rings. The Labute approximate surface area is 118 Å². The van der Waals surface area contributed by atoms with E-state index < -0.39 is 0 Å². The van der Waals surface area contributed by atoms with Gasteiger partial charge in [-0.2, -0.15) is 0 Å². The molecule has 2 heterocycles. The van der Waals surface area contributed by atoms with Gasteiger partial charge in [0.15, 0.2) is 0 Å². The Kier molecular flexibility index (Phi) is 3.69. The first kappa shape index (κ1) is 13.1. The van der Waals surface area contributed by atoms with Crippen LogP contribution in [-0.2, 0) is 29.2 Å². The highest BCUT2D eigenvalue weighted by Gasteiger charge is 2.24. The van der Waals surface area contributed by atoms with E-state index in [0.29, 0.717) is 25.9 Å². The number of carbonyl (C=O) groups is 2. The lowest BCUT2D eigenvalue weighted by Gasteiger charge is -2.21. The van der Waals surface area contributed by atoms with Gasteiger partial charge in [-0.05, 0) is 23.1 Å². The molecule has 20 heavy (non-hydrogen) atoms. The smallest absolute Gasteiger partial charge is 0.225 e. The van der Waals surface area contributed by atoms with Gasteiger partial charge in [0.1, 0.15) is 0 Å². The predicted octanol–water partition coefficient (Wildman–Crippen LogP) is 0.432. The second-order valence-electron chi connectivity index (χ2n) is 5.46. The minimum absolute atomic E-state index is 0.0311. The van der Waals surface area contributed by atoms with Crippen molar-refractivity contribution in [1.29, 1.82) is 0 Å². The van der Waals surface area contributed by atoms with Crippen molar-refractivity contribution in [3.8, 4) is 0 Å². The number of hydrogen-bond acceptors (Lipinski definition) is 3. The van der Waals surface area contributed by atoms with Crippen LogP contribution in [-0.4, -0.2) is 18.4 Å². The van der Waals surface area contributed by atoms with Crippen LogP contribution in [0.1, 0.15) is 29.5 Å². The molecule has 2 aliphatic heterocycles. The van der Waals surface area contributed by atoms with Crippen molar-refractivity contribution in [3.63, 3.8) is 0 Å². The third kappa shape index (κ3) is 2.82. The molecule has 0 bridgehead atoms. The number of fused-ring (bicyclic) bond motifs is 1. The number of piperidine rings is 1. The minimum atomic E-state index is -0.0937. The first-order chi connectivity index (χ1) is 9.72. The minimum Gasteiger partial charge on any atom is -0.355 e. The first-order valence-electron chi connectivity index (χ1n) is 7.08. The predicted molar refractivity (Wildman–Crippen MR) is 74.6 cm³/mol. The van der Waals surface area contributed by atoms with E-state index in [-0.39, 0.29) is 17.7 Å². The van der Waals surface area contributed by atoms with Gasteiger partial charge in [0.2, 0.25) is 11.8 Å². The van der Waals surface area contributed by atoms with Crippen LogP contribution >= 0.6 is 0 Å². The van der Waals surface area contributed by atoms with Gasteiger partial charge < -0.3 is 16.0 Å². The van der Waals surface area contributed by atoms with Crippen molar-refractivity contribution in [3.05, 3.63) is 34.9 Å². The zero-order valence-electron chi connectivity index (χ0n) is 11.4. The van der Waals surface area contributed by atoms with E-state index in [1.807, 2.05) is 0 Å². The molecule has 1 aromatic carbocycles. The molecule has 3 rings (SSSR count). The summed E-state index contributed by atoms with van der Waals surface area (Å²) in [6.45, 7) is 2.85. The number of benzene rings is 1. The molecular formula is C15H19N3O2. The summed E-state index contributed by atoms with van der Waals surface area (Å²) >= 11 is 0. The van der Waals surface area contributed by atoms with Crippen LogP contribution in [0.3, 0.4) is 0 Å². The van der Waals surface area contributed by atoms with Crippen molar-refractivity contribution in [2.24, 2.45) is 5.92 Å². The number of nitrogens with one attached hydrogen (secondary N) is 3. The molecule has 1 unspecified atom stereocenters. The molecule has 0 aromatic heterocycles. The van der Waals surface area contributed by atoms with Crippen molar-refractivity contribution in [2.45, 2.75) is 32.5 Å². The normalized spacial score (nSPS) is 21.2. The Bertz CT molecular complexity index is 532. The van der Waals surface area contributed by atoms with Gasteiger partial charge in [0.25, 0.3) is 0 Å². The number of hydrogen-bond donors (Lipinski definition) is 3. The fourth-order valence-corrected chi connectivity index (χ4v) is 2.75. The van der Waals surface area contributed by atoms with E-state index in [0.717, 1.165) is 18.7 Å². The highest BCUT2D eigenvalue weighted by molar-refractivity contribution is 5.83. The molecule has 1 fully saturated rings. The van der Waals surface area contributed by atoms with Gasteiger partial charge in [0, 0.05) is 32.6 Å². The maximum atomic E-state index is 12.0. The molecule has 3 N–H and O–H groups in total. The highest BCUT2D eigenvalue weighted by Crippen LogP contribution is 2.17. The van der Waals surface area contributed by atoms with Crippen LogP contribution in [0.4, 0.5) is 0 Å². The first-order valence-corrected chi connectivity index (χ1v) is 7.08. The maximum absolute atomic E-state index is 12.0. The van der Waals surface area contributed by atoms with Gasteiger partial charge in [-0.3, -0.25) is 9.59 Å². The van der Waals surface area contributed by atoms with Crippen LogP contribution in [0.2, 0.25) is 0 Å². The van der Waals surface area contributed by atoms with E-state index >= 15 is 0 Å². The standard InChI is InChI=1S/C15H19N3O2/c19-14-4-3-12(9-17-14)15(20)18-6-10-1-2-11-7-16-8-13(11)5-10/h1-2,5,12,16H,3-4,6-9H2,(H,17,19)(H,18,20). The second-order valence-corrected chi connectivity index (χ2v) is 5.46. The number of amides is 2. The van der Waals surface area contributed by atoms with Crippen molar-refractivity contribution in [1.82, 2.24) is 16.0 Å². The summed E-state index contributed by atoms with van der Waals surface area (Å²) in [7, 11) is 0. The maximum Gasteiger partial charge on any atom is 0.225 e. The molecular weight excluding hydrogens is 254 g/mol. The van der Waals surface area contributed by atoms with Crippen molar-refractivity contribution < 1.29 is 9.59 Å². The van der Waals surface area contributed by atoms with E-state index in [9.17, 15) is 9.59 Å². The van der Waals surface area contributed by atoms with E-state index in [2.05, 4.69) is 34.1 Å². The Balaban J connectivity index is 1.54. The van der Waals surface area contributed by atoms with Crippen LogP contribution < -0.4 is 16.0 Å². The Morgan fingerprint density at radius 3 is 2.95 bits per heavy atom. The molecule has 0 saturated carbocycles. The average Bonchev–Trinajstić information content (AvgIpc) is 2.93. The quantitative estimate of drug-likeness (QED) is 0.748. The van der Waals surface area contributed by atoms with Crippen molar-refractivity contribution in [2.75, 3.05) is 6.54 Å². The second kappa shape index (κ2) is 5.63. The topological polar surface area (TPSA) is 70.2 Å². The van der Waals surface area contributed by atoms with E-state index in [4.69, 9.17) is 0 Å². The Morgan fingerprint density at radius 1 is 1.30 bits per heavy atom. The molecule has 5 heteroatoms. The average molecular weight is 273 g/mol. The van der Waals surface area contributed by atoms with Crippen LogP contribution in [0.25, 0.3) is 0 Å². The largest absolute Gasteiger partial charge is 0.355 e. The molecule has 5 nitrogen and oxygen atoms in total. The molecule has 2 aliphatic rings. The molecule has 1 atom stereocenters. The Morgan fingerprint density at radius 2 is 2.15 bits per heavy atom. The van der Waals surface area contributed by atoms with Gasteiger partial charge in [0.05, 0.1) is 5.92 Å². The summed E-state index contributed by atoms with van der Waals surface area (Å²) in [6, 6.07) is 6.34. The van der Waals surface area contributed by atoms with E-state index in [1.54, 1.807) is 0 Å². The monoisotopic (exact) mass is 273 g/mol. The van der Waals surface area contributed by atoms with Gasteiger partial charge in [-0.25, -0.2) is 0 Å². The third-order valence-electron chi connectivity index (χ3n) is 4.00. The fraction of sp³-hybridized carbons (Fsp3) is 0.467. The fourth-order valence-electron chi connectivity index (χ4n) is 2.75. The molecule has 106 valence electrons. The number of rotatable bonds is 3. The highest BCUT2D eigenvalue weighted by atomic mass is 16.2. The van der Waals surface area contributed by atoms with Gasteiger partial charge in [-0.1, -0.05) is 18.2 Å². The summed E-state index contributed by atoms with van der Waals surface area (Å²) in [4.78, 5) is 23.1. The summed E-state index contributed by atoms with van der Waals surface area (Å²) < 4.78 is 0. The summed E-state index contributed by atoms with van der Waals surface area (Å²) in [5.41, 5.74) is 3.79. The zero-order valence-corrected chi connectivity index (χ0v) is 11.4. The lowest BCUT2D eigenvalue weighted by atomic mass is 9.98. The molecule has 0 spiro atoms.